The van der Waals surface area contributed by atoms with Gasteiger partial charge in [-0.15, -0.1) is 0 Å². The first-order chi connectivity index (χ1) is 10.2. The molecule has 4 nitrogen and oxygen atoms in total. The van der Waals surface area contributed by atoms with E-state index >= 15 is 0 Å². The van der Waals surface area contributed by atoms with E-state index in [2.05, 4.69) is 28.4 Å². The molecule has 0 saturated carbocycles. The Hall–Kier alpha value is -2.36. The number of hydrogen-bond acceptors (Lipinski definition) is 4. The molecule has 0 heterocycles. The summed E-state index contributed by atoms with van der Waals surface area (Å²) in [7, 11) is 7.37. The summed E-state index contributed by atoms with van der Waals surface area (Å²) in [6.07, 6.45) is 0. The van der Waals surface area contributed by atoms with E-state index in [0.717, 1.165) is 28.4 Å². The number of hydrogen-bond donors (Lipinski definition) is 1. The molecule has 0 saturated heterocycles. The Labute approximate surface area is 126 Å². The number of benzene rings is 2. The van der Waals surface area contributed by atoms with E-state index in [1.807, 2.05) is 38.4 Å². The van der Waals surface area contributed by atoms with Crippen LogP contribution >= 0.6 is 0 Å². The van der Waals surface area contributed by atoms with Gasteiger partial charge in [0.25, 0.3) is 0 Å². The van der Waals surface area contributed by atoms with Crippen LogP contribution in [-0.4, -0.2) is 28.3 Å². The molecule has 0 aromatic heterocycles. The summed E-state index contributed by atoms with van der Waals surface area (Å²) in [5, 5.41) is 3.42. The number of nitrogens with one attached hydrogen (secondary N) is 1. The Bertz CT molecular complexity index is 597. The van der Waals surface area contributed by atoms with Crippen molar-refractivity contribution in [1.29, 1.82) is 0 Å². The molecule has 0 radical (unpaired) electrons. The summed E-state index contributed by atoms with van der Waals surface area (Å²) in [5.74, 6) is 1.52. The smallest absolute Gasteiger partial charge is 0.165 e. The molecule has 0 amide bonds. The van der Waals surface area contributed by atoms with Crippen LogP contribution in [0, 0.1) is 0 Å². The monoisotopic (exact) mass is 286 g/mol. The van der Waals surface area contributed by atoms with Gasteiger partial charge >= 0.3 is 0 Å². The first-order valence-electron chi connectivity index (χ1n) is 6.87. The largest absolute Gasteiger partial charge is 0.493 e. The summed E-state index contributed by atoms with van der Waals surface area (Å²) < 4.78 is 10.8. The fourth-order valence-corrected chi connectivity index (χ4v) is 2.18. The lowest BCUT2D eigenvalue weighted by Crippen LogP contribution is -2.09. The van der Waals surface area contributed by atoms with Crippen LogP contribution in [0.2, 0.25) is 0 Å². The van der Waals surface area contributed by atoms with Gasteiger partial charge in [-0.2, -0.15) is 0 Å². The van der Waals surface area contributed by atoms with Gasteiger partial charge in [-0.25, -0.2) is 0 Å². The van der Waals surface area contributed by atoms with Crippen LogP contribution in [-0.2, 0) is 6.54 Å². The Kier molecular flexibility index (Phi) is 4.93. The van der Waals surface area contributed by atoms with E-state index in [1.54, 1.807) is 14.2 Å². The molecule has 21 heavy (non-hydrogen) atoms. The molecular weight excluding hydrogens is 264 g/mol. The standard InChI is InChI=1S/C17H22N2O2/c1-19(2)15-9-6-8-14(11-15)18-12-13-7-5-10-16(20-3)17(13)21-4/h5-11,18H,12H2,1-4H3. The Morgan fingerprint density at radius 1 is 1.00 bits per heavy atom. The number of rotatable bonds is 6. The van der Waals surface area contributed by atoms with Gasteiger partial charge in [-0.05, 0) is 24.3 Å². The van der Waals surface area contributed by atoms with E-state index in [4.69, 9.17) is 9.47 Å². The second-order valence-electron chi connectivity index (χ2n) is 4.95. The van der Waals surface area contributed by atoms with Gasteiger partial charge in [0.05, 0.1) is 14.2 Å². The van der Waals surface area contributed by atoms with Crippen LogP contribution in [0.4, 0.5) is 11.4 Å². The fraction of sp³-hybridized carbons (Fsp3) is 0.294. The van der Waals surface area contributed by atoms with Gasteiger partial charge in [-0.3, -0.25) is 0 Å². The van der Waals surface area contributed by atoms with Gasteiger partial charge < -0.3 is 19.7 Å². The second-order valence-corrected chi connectivity index (χ2v) is 4.95. The third-order valence-corrected chi connectivity index (χ3v) is 3.33. The Morgan fingerprint density at radius 2 is 1.76 bits per heavy atom. The van der Waals surface area contributed by atoms with Gasteiger partial charge in [-0.1, -0.05) is 18.2 Å². The zero-order valence-electron chi connectivity index (χ0n) is 13.0. The van der Waals surface area contributed by atoms with Crippen molar-refractivity contribution >= 4 is 11.4 Å². The fourth-order valence-electron chi connectivity index (χ4n) is 2.18. The summed E-state index contributed by atoms with van der Waals surface area (Å²) in [6, 6.07) is 14.2. The maximum absolute atomic E-state index is 5.44. The molecule has 0 aliphatic rings. The zero-order valence-corrected chi connectivity index (χ0v) is 13.0. The third kappa shape index (κ3) is 3.60. The average molecular weight is 286 g/mol. The van der Waals surface area contributed by atoms with E-state index in [-0.39, 0.29) is 0 Å². The molecule has 0 fully saturated rings. The van der Waals surface area contributed by atoms with E-state index in [1.165, 1.54) is 0 Å². The second kappa shape index (κ2) is 6.88. The Morgan fingerprint density at radius 3 is 2.43 bits per heavy atom. The lowest BCUT2D eigenvalue weighted by molar-refractivity contribution is 0.352. The predicted octanol–water partition coefficient (Wildman–Crippen LogP) is 3.38. The summed E-state index contributed by atoms with van der Waals surface area (Å²) in [6.45, 7) is 0.678. The van der Waals surface area contributed by atoms with Crippen LogP contribution in [0.5, 0.6) is 11.5 Å². The molecule has 2 rings (SSSR count). The van der Waals surface area contributed by atoms with Crippen molar-refractivity contribution in [3.63, 3.8) is 0 Å². The molecule has 0 aliphatic heterocycles. The maximum Gasteiger partial charge on any atom is 0.165 e. The minimum absolute atomic E-state index is 0.678. The highest BCUT2D eigenvalue weighted by molar-refractivity contribution is 5.58. The molecule has 0 unspecified atom stereocenters. The molecule has 0 bridgehead atoms. The molecule has 1 N–H and O–H groups in total. The van der Waals surface area contributed by atoms with Crippen molar-refractivity contribution in [2.45, 2.75) is 6.54 Å². The zero-order chi connectivity index (χ0) is 15.2. The molecule has 2 aromatic carbocycles. The quantitative estimate of drug-likeness (QED) is 0.882. The molecule has 4 heteroatoms. The lowest BCUT2D eigenvalue weighted by Gasteiger charge is -2.16. The first-order valence-corrected chi connectivity index (χ1v) is 6.87. The van der Waals surface area contributed by atoms with Crippen molar-refractivity contribution in [2.75, 3.05) is 38.5 Å². The minimum atomic E-state index is 0.678. The average Bonchev–Trinajstić information content (AvgIpc) is 2.52. The molecule has 112 valence electrons. The van der Waals surface area contributed by atoms with Crippen LogP contribution in [0.15, 0.2) is 42.5 Å². The maximum atomic E-state index is 5.44. The van der Waals surface area contributed by atoms with Gasteiger partial charge in [0.15, 0.2) is 11.5 Å². The van der Waals surface area contributed by atoms with Crippen LogP contribution in [0.1, 0.15) is 5.56 Å². The molecule has 0 spiro atoms. The van der Waals surface area contributed by atoms with Crippen molar-refractivity contribution in [3.8, 4) is 11.5 Å². The number of nitrogens with zero attached hydrogens (tertiary/aromatic N) is 1. The summed E-state index contributed by atoms with van der Waals surface area (Å²) in [4.78, 5) is 2.08. The summed E-state index contributed by atoms with van der Waals surface area (Å²) in [5.41, 5.74) is 3.30. The van der Waals surface area contributed by atoms with Crippen molar-refractivity contribution < 1.29 is 9.47 Å². The van der Waals surface area contributed by atoms with Crippen LogP contribution in [0.25, 0.3) is 0 Å². The third-order valence-electron chi connectivity index (χ3n) is 3.33. The molecule has 2 aromatic rings. The van der Waals surface area contributed by atoms with E-state index in [0.29, 0.717) is 6.54 Å². The van der Waals surface area contributed by atoms with E-state index in [9.17, 15) is 0 Å². The normalized spacial score (nSPS) is 10.1. The summed E-state index contributed by atoms with van der Waals surface area (Å²) >= 11 is 0. The van der Waals surface area contributed by atoms with Gasteiger partial charge in [0, 0.05) is 37.6 Å². The Balaban J connectivity index is 2.15. The molecule has 0 atom stereocenters. The number of methoxy groups -OCH3 is 2. The topological polar surface area (TPSA) is 33.7 Å². The van der Waals surface area contributed by atoms with Crippen LogP contribution in [0.3, 0.4) is 0 Å². The van der Waals surface area contributed by atoms with Crippen LogP contribution < -0.4 is 19.7 Å². The lowest BCUT2D eigenvalue weighted by atomic mass is 10.1. The number of anilines is 2. The highest BCUT2D eigenvalue weighted by Crippen LogP contribution is 2.31. The molecule has 0 aliphatic carbocycles. The molecular formula is C17H22N2O2. The van der Waals surface area contributed by atoms with Crippen molar-refractivity contribution in [2.24, 2.45) is 0 Å². The highest BCUT2D eigenvalue weighted by atomic mass is 16.5. The van der Waals surface area contributed by atoms with Gasteiger partial charge in [0.2, 0.25) is 0 Å². The van der Waals surface area contributed by atoms with Gasteiger partial charge in [0.1, 0.15) is 0 Å². The number of para-hydroxylation sites is 1. The van der Waals surface area contributed by atoms with Crippen molar-refractivity contribution in [1.82, 2.24) is 0 Å². The minimum Gasteiger partial charge on any atom is -0.493 e. The van der Waals surface area contributed by atoms with E-state index < -0.39 is 0 Å². The van der Waals surface area contributed by atoms with Crippen molar-refractivity contribution in [3.05, 3.63) is 48.0 Å². The number of ether oxygens (including phenoxy) is 2. The highest BCUT2D eigenvalue weighted by Gasteiger charge is 2.09. The first kappa shape index (κ1) is 15.0. The SMILES string of the molecule is COc1cccc(CNc2cccc(N(C)C)c2)c1OC. The predicted molar refractivity (Wildman–Crippen MR) is 87.6 cm³/mol.